The molecular formula is C18H26ClN3O3S. The van der Waals surface area contributed by atoms with Crippen LogP contribution in [0.2, 0.25) is 0 Å². The van der Waals surface area contributed by atoms with Crippen LogP contribution >= 0.6 is 24.2 Å². The van der Waals surface area contributed by atoms with Gasteiger partial charge in [0.15, 0.2) is 0 Å². The van der Waals surface area contributed by atoms with Gasteiger partial charge < -0.3 is 20.3 Å². The highest BCUT2D eigenvalue weighted by Gasteiger charge is 2.23. The molecule has 0 aliphatic carbocycles. The predicted octanol–water partition coefficient (Wildman–Crippen LogP) is 2.67. The molecule has 2 N–H and O–H groups in total. The number of halogens is 1. The van der Waals surface area contributed by atoms with Gasteiger partial charge in [0.25, 0.3) is 0 Å². The van der Waals surface area contributed by atoms with Crippen molar-refractivity contribution >= 4 is 47.4 Å². The normalized spacial score (nSPS) is 20.3. The molecule has 2 fully saturated rings. The standard InChI is InChI=1S/C18H25N3O3S.ClH/c1-24-16-6-5-13(10-15(16)21-8-3-2-4-18(21)23)20-17(22)11-14-12-25-9-7-19-14;/h5-6,10,14,19H,2-4,7-9,11-12H2,1H3,(H,20,22);1H. The molecule has 0 spiro atoms. The zero-order chi connectivity index (χ0) is 17.6. The summed E-state index contributed by atoms with van der Waals surface area (Å²) in [4.78, 5) is 26.3. The third kappa shape index (κ3) is 5.28. The Labute approximate surface area is 164 Å². The number of thioether (sulfide) groups is 1. The van der Waals surface area contributed by atoms with Crippen molar-refractivity contribution in [3.05, 3.63) is 18.2 Å². The van der Waals surface area contributed by atoms with Crippen molar-refractivity contribution in [3.63, 3.8) is 0 Å². The molecule has 0 aromatic heterocycles. The molecule has 8 heteroatoms. The minimum atomic E-state index is -0.0129. The second-order valence-corrected chi connectivity index (χ2v) is 7.52. The van der Waals surface area contributed by atoms with E-state index in [9.17, 15) is 9.59 Å². The molecule has 1 aromatic rings. The Morgan fingerprint density at radius 2 is 2.27 bits per heavy atom. The molecule has 2 saturated heterocycles. The van der Waals surface area contributed by atoms with Gasteiger partial charge in [-0.25, -0.2) is 0 Å². The van der Waals surface area contributed by atoms with Gasteiger partial charge in [-0.3, -0.25) is 9.59 Å². The van der Waals surface area contributed by atoms with Crippen LogP contribution in [0.3, 0.4) is 0 Å². The molecule has 1 unspecified atom stereocenters. The predicted molar refractivity (Wildman–Crippen MR) is 109 cm³/mol. The number of nitrogens with one attached hydrogen (secondary N) is 2. The summed E-state index contributed by atoms with van der Waals surface area (Å²) < 4.78 is 5.41. The summed E-state index contributed by atoms with van der Waals surface area (Å²) in [6.07, 6.45) is 2.93. The first-order chi connectivity index (χ1) is 12.2. The lowest BCUT2D eigenvalue weighted by Gasteiger charge is -2.28. The lowest BCUT2D eigenvalue weighted by Crippen LogP contribution is -2.40. The molecule has 1 aromatic carbocycles. The minimum Gasteiger partial charge on any atom is -0.495 e. The highest BCUT2D eigenvalue weighted by atomic mass is 35.5. The third-order valence-electron chi connectivity index (χ3n) is 4.51. The average molecular weight is 400 g/mol. The van der Waals surface area contributed by atoms with E-state index >= 15 is 0 Å². The molecule has 0 bridgehead atoms. The van der Waals surface area contributed by atoms with Gasteiger partial charge in [-0.2, -0.15) is 11.8 Å². The summed E-state index contributed by atoms with van der Waals surface area (Å²) in [5.74, 6) is 2.81. The van der Waals surface area contributed by atoms with Gasteiger partial charge in [-0.15, -0.1) is 12.4 Å². The van der Waals surface area contributed by atoms with Gasteiger partial charge in [-0.1, -0.05) is 0 Å². The fourth-order valence-corrected chi connectivity index (χ4v) is 4.17. The molecule has 2 amide bonds. The van der Waals surface area contributed by atoms with E-state index in [1.165, 1.54) is 0 Å². The first kappa shape index (κ1) is 20.9. The number of amides is 2. The fourth-order valence-electron chi connectivity index (χ4n) is 3.23. The Kier molecular flexibility index (Phi) is 8.06. The van der Waals surface area contributed by atoms with Crippen molar-refractivity contribution in [2.24, 2.45) is 0 Å². The van der Waals surface area contributed by atoms with E-state index in [1.54, 1.807) is 12.0 Å². The molecule has 0 saturated carbocycles. The zero-order valence-electron chi connectivity index (χ0n) is 15.0. The lowest BCUT2D eigenvalue weighted by molar-refractivity contribution is -0.119. The van der Waals surface area contributed by atoms with E-state index in [-0.39, 0.29) is 30.3 Å². The molecule has 3 rings (SSSR count). The van der Waals surface area contributed by atoms with Gasteiger partial charge in [0, 0.05) is 49.2 Å². The molecule has 144 valence electrons. The second-order valence-electron chi connectivity index (χ2n) is 6.37. The number of hydrogen-bond acceptors (Lipinski definition) is 5. The molecule has 1 atom stereocenters. The minimum absolute atomic E-state index is 0. The van der Waals surface area contributed by atoms with Crippen LogP contribution in [-0.2, 0) is 9.59 Å². The Bertz CT molecular complexity index is 638. The molecular weight excluding hydrogens is 374 g/mol. The average Bonchev–Trinajstić information content (AvgIpc) is 2.63. The number of benzene rings is 1. The number of methoxy groups -OCH3 is 1. The van der Waals surface area contributed by atoms with E-state index in [0.29, 0.717) is 30.8 Å². The van der Waals surface area contributed by atoms with Crippen molar-refractivity contribution in [2.45, 2.75) is 31.7 Å². The van der Waals surface area contributed by atoms with Crippen LogP contribution in [0.5, 0.6) is 5.75 Å². The number of rotatable bonds is 5. The molecule has 2 aliphatic heterocycles. The van der Waals surface area contributed by atoms with Crippen LogP contribution in [0.25, 0.3) is 0 Å². The van der Waals surface area contributed by atoms with E-state index in [4.69, 9.17) is 4.74 Å². The number of carbonyl (C=O) groups excluding carboxylic acids is 2. The number of ether oxygens (including phenoxy) is 1. The van der Waals surface area contributed by atoms with E-state index < -0.39 is 0 Å². The number of nitrogens with zero attached hydrogens (tertiary/aromatic N) is 1. The topological polar surface area (TPSA) is 70.7 Å². The maximum absolute atomic E-state index is 12.3. The maximum atomic E-state index is 12.3. The first-order valence-electron chi connectivity index (χ1n) is 8.77. The summed E-state index contributed by atoms with van der Waals surface area (Å²) in [5, 5.41) is 6.32. The van der Waals surface area contributed by atoms with Crippen molar-refractivity contribution in [1.29, 1.82) is 0 Å². The lowest BCUT2D eigenvalue weighted by atomic mass is 10.1. The highest BCUT2D eigenvalue weighted by Crippen LogP contribution is 2.33. The first-order valence-corrected chi connectivity index (χ1v) is 9.92. The van der Waals surface area contributed by atoms with Gasteiger partial charge in [0.1, 0.15) is 5.75 Å². The summed E-state index contributed by atoms with van der Waals surface area (Å²) in [6, 6.07) is 5.68. The smallest absolute Gasteiger partial charge is 0.227 e. The number of piperidine rings is 1. The van der Waals surface area contributed by atoms with Gasteiger partial charge in [0.2, 0.25) is 11.8 Å². The van der Waals surface area contributed by atoms with Gasteiger partial charge in [-0.05, 0) is 31.0 Å². The Hall–Kier alpha value is -1.44. The number of anilines is 2. The Balaban J connectivity index is 0.00000243. The van der Waals surface area contributed by atoms with Gasteiger partial charge >= 0.3 is 0 Å². The molecule has 2 aliphatic rings. The molecule has 0 radical (unpaired) electrons. The molecule has 2 heterocycles. The van der Waals surface area contributed by atoms with Crippen molar-refractivity contribution in [2.75, 3.05) is 41.9 Å². The SMILES string of the molecule is COc1ccc(NC(=O)CC2CSCCN2)cc1N1CCCCC1=O.Cl. The van der Waals surface area contributed by atoms with E-state index in [2.05, 4.69) is 10.6 Å². The largest absolute Gasteiger partial charge is 0.495 e. The van der Waals surface area contributed by atoms with E-state index in [1.807, 2.05) is 30.0 Å². The van der Waals surface area contributed by atoms with Crippen LogP contribution in [0.1, 0.15) is 25.7 Å². The third-order valence-corrected chi connectivity index (χ3v) is 5.64. The van der Waals surface area contributed by atoms with E-state index in [0.717, 1.165) is 36.6 Å². The fraction of sp³-hybridized carbons (Fsp3) is 0.556. The van der Waals surface area contributed by atoms with Crippen LogP contribution in [0.15, 0.2) is 18.2 Å². The Morgan fingerprint density at radius 1 is 1.42 bits per heavy atom. The molecule has 26 heavy (non-hydrogen) atoms. The van der Waals surface area contributed by atoms with Crippen LogP contribution in [0, 0.1) is 0 Å². The van der Waals surface area contributed by atoms with Crippen LogP contribution in [-0.4, -0.2) is 49.6 Å². The summed E-state index contributed by atoms with van der Waals surface area (Å²) in [6.45, 7) is 1.64. The number of carbonyl (C=O) groups is 2. The van der Waals surface area contributed by atoms with Gasteiger partial charge in [0.05, 0.1) is 12.8 Å². The summed E-state index contributed by atoms with van der Waals surface area (Å²) in [7, 11) is 1.60. The van der Waals surface area contributed by atoms with Crippen molar-refractivity contribution in [3.8, 4) is 5.75 Å². The summed E-state index contributed by atoms with van der Waals surface area (Å²) in [5.41, 5.74) is 1.43. The van der Waals surface area contributed by atoms with Crippen molar-refractivity contribution < 1.29 is 14.3 Å². The van der Waals surface area contributed by atoms with Crippen molar-refractivity contribution in [1.82, 2.24) is 5.32 Å². The zero-order valence-corrected chi connectivity index (χ0v) is 16.6. The maximum Gasteiger partial charge on any atom is 0.227 e. The van der Waals surface area contributed by atoms with Crippen LogP contribution < -0.4 is 20.3 Å². The number of hydrogen-bond donors (Lipinski definition) is 2. The summed E-state index contributed by atoms with van der Waals surface area (Å²) >= 11 is 1.87. The Morgan fingerprint density at radius 3 is 2.96 bits per heavy atom. The highest BCUT2D eigenvalue weighted by molar-refractivity contribution is 7.99. The molecule has 6 nitrogen and oxygen atoms in total. The monoisotopic (exact) mass is 399 g/mol. The second kappa shape index (κ2) is 10.0. The quantitative estimate of drug-likeness (QED) is 0.796. The van der Waals surface area contributed by atoms with Crippen LogP contribution in [0.4, 0.5) is 11.4 Å².